The molecular weight excluding hydrogens is 216 g/mol. The molecule has 3 atom stereocenters. The minimum atomic E-state index is -0.0321. The second kappa shape index (κ2) is 7.67. The summed E-state index contributed by atoms with van der Waals surface area (Å²) in [5.74, 6) is 0.929. The number of piperidine rings is 1. The first-order valence-corrected chi connectivity index (χ1v) is 6.81. The Labute approximate surface area is 104 Å². The maximum Gasteiger partial charge on any atom is 0.237 e. The van der Waals surface area contributed by atoms with Gasteiger partial charge in [0.1, 0.15) is 0 Å². The van der Waals surface area contributed by atoms with Gasteiger partial charge in [-0.3, -0.25) is 4.79 Å². The van der Waals surface area contributed by atoms with Crippen molar-refractivity contribution >= 4 is 5.91 Å². The molecule has 1 amide bonds. The number of hydrogen-bond donors (Lipinski definition) is 3. The van der Waals surface area contributed by atoms with Gasteiger partial charge in [-0.05, 0) is 37.6 Å². The predicted octanol–water partition coefficient (Wildman–Crippen LogP) is 0.899. The maximum atomic E-state index is 12.0. The van der Waals surface area contributed by atoms with E-state index in [1.807, 2.05) is 0 Å². The highest BCUT2D eigenvalue weighted by Crippen LogP contribution is 2.15. The van der Waals surface area contributed by atoms with E-state index in [1.165, 1.54) is 0 Å². The molecule has 3 N–H and O–H groups in total. The number of aliphatic hydroxyl groups excluding tert-OH is 1. The van der Waals surface area contributed by atoms with Gasteiger partial charge in [0.05, 0.1) is 6.04 Å². The van der Waals surface area contributed by atoms with Gasteiger partial charge in [0, 0.05) is 13.2 Å². The Morgan fingerprint density at radius 2 is 2.35 bits per heavy atom. The fraction of sp³-hybridized carbons (Fsp3) is 0.923. The van der Waals surface area contributed by atoms with Crippen LogP contribution in [0.1, 0.15) is 39.5 Å². The van der Waals surface area contributed by atoms with Gasteiger partial charge in [-0.25, -0.2) is 0 Å². The van der Waals surface area contributed by atoms with Gasteiger partial charge in [-0.2, -0.15) is 0 Å². The highest BCUT2D eigenvalue weighted by atomic mass is 16.3. The number of amides is 1. The van der Waals surface area contributed by atoms with E-state index in [0.717, 1.165) is 32.2 Å². The van der Waals surface area contributed by atoms with Gasteiger partial charge >= 0.3 is 0 Å². The Morgan fingerprint density at radius 3 is 2.94 bits per heavy atom. The summed E-state index contributed by atoms with van der Waals surface area (Å²) in [5.41, 5.74) is 0. The van der Waals surface area contributed by atoms with Crippen LogP contribution in [0.15, 0.2) is 0 Å². The Bertz CT molecular complexity index is 233. The van der Waals surface area contributed by atoms with E-state index in [1.54, 1.807) is 0 Å². The van der Waals surface area contributed by atoms with Crippen molar-refractivity contribution < 1.29 is 9.90 Å². The first kappa shape index (κ1) is 14.5. The third kappa shape index (κ3) is 4.64. The van der Waals surface area contributed by atoms with Gasteiger partial charge < -0.3 is 15.7 Å². The Hall–Kier alpha value is -0.610. The minimum Gasteiger partial charge on any atom is -0.396 e. The summed E-state index contributed by atoms with van der Waals surface area (Å²) in [5, 5.41) is 15.2. The van der Waals surface area contributed by atoms with Crippen LogP contribution >= 0.6 is 0 Å². The van der Waals surface area contributed by atoms with Crippen molar-refractivity contribution in [1.82, 2.24) is 10.6 Å². The lowest BCUT2D eigenvalue weighted by atomic mass is 9.92. The molecule has 1 aliphatic rings. The molecule has 0 aromatic carbocycles. The van der Waals surface area contributed by atoms with Crippen molar-refractivity contribution in [3.05, 3.63) is 0 Å². The zero-order chi connectivity index (χ0) is 12.7. The van der Waals surface area contributed by atoms with Crippen molar-refractivity contribution in [2.24, 2.45) is 11.8 Å². The third-order valence-electron chi connectivity index (χ3n) is 3.73. The number of aliphatic hydroxyl groups is 1. The molecule has 1 heterocycles. The van der Waals surface area contributed by atoms with Crippen molar-refractivity contribution in [1.29, 1.82) is 0 Å². The van der Waals surface area contributed by atoms with E-state index >= 15 is 0 Å². The summed E-state index contributed by atoms with van der Waals surface area (Å²) in [6.07, 6.45) is 4.05. The molecule has 0 spiro atoms. The Kier molecular flexibility index (Phi) is 6.52. The van der Waals surface area contributed by atoms with E-state index in [0.29, 0.717) is 18.4 Å². The van der Waals surface area contributed by atoms with Crippen molar-refractivity contribution in [3.8, 4) is 0 Å². The average Bonchev–Trinajstić information content (AvgIpc) is 2.34. The maximum absolute atomic E-state index is 12.0. The lowest BCUT2D eigenvalue weighted by molar-refractivity contribution is -0.125. The fourth-order valence-corrected chi connectivity index (χ4v) is 2.39. The summed E-state index contributed by atoms with van der Waals surface area (Å²) >= 11 is 0. The molecule has 4 heteroatoms. The minimum absolute atomic E-state index is 0.0321. The molecule has 1 fully saturated rings. The van der Waals surface area contributed by atoms with Crippen LogP contribution in [0.25, 0.3) is 0 Å². The van der Waals surface area contributed by atoms with Crippen molar-refractivity contribution in [2.75, 3.05) is 19.7 Å². The predicted molar refractivity (Wildman–Crippen MR) is 68.7 cm³/mol. The molecule has 0 radical (unpaired) electrons. The molecule has 1 rings (SSSR count). The summed E-state index contributed by atoms with van der Waals surface area (Å²) < 4.78 is 0. The summed E-state index contributed by atoms with van der Waals surface area (Å²) in [6.45, 7) is 6.04. The van der Waals surface area contributed by atoms with Gasteiger partial charge in [-0.15, -0.1) is 0 Å². The van der Waals surface area contributed by atoms with Gasteiger partial charge in [0.25, 0.3) is 0 Å². The molecular formula is C13H26N2O2. The van der Waals surface area contributed by atoms with Gasteiger partial charge in [0.15, 0.2) is 0 Å². The van der Waals surface area contributed by atoms with Gasteiger partial charge in [0.2, 0.25) is 5.91 Å². The van der Waals surface area contributed by atoms with Crippen LogP contribution in [0.3, 0.4) is 0 Å². The summed E-state index contributed by atoms with van der Waals surface area (Å²) in [4.78, 5) is 12.0. The summed E-state index contributed by atoms with van der Waals surface area (Å²) in [6, 6.07) is -0.0321. The number of carbonyl (C=O) groups is 1. The monoisotopic (exact) mass is 242 g/mol. The highest BCUT2D eigenvalue weighted by Gasteiger charge is 2.27. The zero-order valence-corrected chi connectivity index (χ0v) is 11.0. The molecule has 0 aromatic rings. The van der Waals surface area contributed by atoms with Crippen LogP contribution in [0.4, 0.5) is 0 Å². The summed E-state index contributed by atoms with van der Waals surface area (Å²) in [7, 11) is 0. The zero-order valence-electron chi connectivity index (χ0n) is 11.0. The van der Waals surface area contributed by atoms with Crippen molar-refractivity contribution in [2.45, 2.75) is 45.6 Å². The molecule has 1 aliphatic heterocycles. The van der Waals surface area contributed by atoms with Gasteiger partial charge in [-0.1, -0.05) is 20.3 Å². The molecule has 0 saturated carbocycles. The molecule has 1 saturated heterocycles. The lowest BCUT2D eigenvalue weighted by Crippen LogP contribution is -2.51. The second-order valence-electron chi connectivity index (χ2n) is 5.08. The second-order valence-corrected chi connectivity index (χ2v) is 5.08. The topological polar surface area (TPSA) is 61.4 Å². The van der Waals surface area contributed by atoms with Crippen LogP contribution in [0.2, 0.25) is 0 Å². The van der Waals surface area contributed by atoms with Crippen LogP contribution in [0, 0.1) is 11.8 Å². The Balaban J connectivity index is 2.32. The number of hydrogen-bond acceptors (Lipinski definition) is 3. The van der Waals surface area contributed by atoms with Crippen LogP contribution in [-0.2, 0) is 4.79 Å². The molecule has 0 bridgehead atoms. The van der Waals surface area contributed by atoms with E-state index in [9.17, 15) is 4.79 Å². The van der Waals surface area contributed by atoms with Crippen LogP contribution in [-0.4, -0.2) is 36.8 Å². The first-order valence-electron chi connectivity index (χ1n) is 6.81. The molecule has 3 unspecified atom stereocenters. The van der Waals surface area contributed by atoms with E-state index in [2.05, 4.69) is 24.5 Å². The molecule has 17 heavy (non-hydrogen) atoms. The largest absolute Gasteiger partial charge is 0.396 e. The quantitative estimate of drug-likeness (QED) is 0.648. The highest BCUT2D eigenvalue weighted by molar-refractivity contribution is 5.82. The fourth-order valence-electron chi connectivity index (χ4n) is 2.39. The van der Waals surface area contributed by atoms with E-state index in [4.69, 9.17) is 5.11 Å². The van der Waals surface area contributed by atoms with E-state index in [-0.39, 0.29) is 18.6 Å². The normalized spacial score (nSPS) is 26.5. The number of rotatable bonds is 6. The lowest BCUT2D eigenvalue weighted by Gasteiger charge is -2.29. The number of carbonyl (C=O) groups excluding carboxylic acids is 1. The first-order chi connectivity index (χ1) is 8.19. The third-order valence-corrected chi connectivity index (χ3v) is 3.73. The molecule has 100 valence electrons. The van der Waals surface area contributed by atoms with Crippen LogP contribution < -0.4 is 10.6 Å². The SMILES string of the molecule is CCC(CCO)CNC(=O)C1NCCCC1C. The number of nitrogens with one attached hydrogen (secondary N) is 2. The standard InChI is InChI=1S/C13H26N2O2/c1-3-11(6-8-16)9-15-13(17)12-10(2)5-4-7-14-12/h10-12,14,16H,3-9H2,1-2H3,(H,15,17). The smallest absolute Gasteiger partial charge is 0.237 e. The van der Waals surface area contributed by atoms with Crippen molar-refractivity contribution in [3.63, 3.8) is 0 Å². The molecule has 0 aromatic heterocycles. The Morgan fingerprint density at radius 1 is 1.59 bits per heavy atom. The average molecular weight is 242 g/mol. The van der Waals surface area contributed by atoms with Crippen LogP contribution in [0.5, 0.6) is 0 Å². The molecule has 4 nitrogen and oxygen atoms in total. The van der Waals surface area contributed by atoms with E-state index < -0.39 is 0 Å². The molecule has 0 aliphatic carbocycles.